The molecule has 0 spiro atoms. The minimum Gasteiger partial charge on any atom is -0.356 e. The smallest absolute Gasteiger partial charge is 0.220 e. The van der Waals surface area contributed by atoms with E-state index >= 15 is 0 Å². The summed E-state index contributed by atoms with van der Waals surface area (Å²) >= 11 is 0. The van der Waals surface area contributed by atoms with Gasteiger partial charge >= 0.3 is 0 Å². The van der Waals surface area contributed by atoms with E-state index in [1.807, 2.05) is 0 Å². The highest BCUT2D eigenvalue weighted by Crippen LogP contribution is 2.47. The highest BCUT2D eigenvalue weighted by molar-refractivity contribution is 7.64. The van der Waals surface area contributed by atoms with Crippen molar-refractivity contribution in [1.29, 1.82) is 0 Å². The second kappa shape index (κ2) is 73.8. The standard InChI is InChI=1S/C81H165N6O4P/c1-7-13-19-25-31-40-52-67-85(68-53-41-32-26-20-14-8-2)73-58-46-37-49-64-82-79(88)61-76-92(91,77-62-80(89)83-65-50-38-47-59-74-86(69-54-42-33-27-21-15-9-3)70-55-43-34-28-22-16-10-4)78-63-81(90)84-66-51-39-48-60-75-87(71-56-44-35-29-23-17-11-5)72-57-45-36-30-24-18-12-6/h7-78H2,1-6H3,(H,82,88)(H,83,89)(H,84,90). The molecule has 0 aromatic carbocycles. The third-order valence-electron chi connectivity index (χ3n) is 19.9. The summed E-state index contributed by atoms with van der Waals surface area (Å²) in [6, 6.07) is 0. The lowest BCUT2D eigenvalue weighted by atomic mass is 10.1. The van der Waals surface area contributed by atoms with Crippen LogP contribution in [0.4, 0.5) is 0 Å². The molecular formula is C81H165N6O4P. The Bertz CT molecular complexity index is 1340. The maximum absolute atomic E-state index is 14.7. The van der Waals surface area contributed by atoms with Crippen LogP contribution >= 0.6 is 7.14 Å². The van der Waals surface area contributed by atoms with Gasteiger partial charge in [0.25, 0.3) is 0 Å². The summed E-state index contributed by atoms with van der Waals surface area (Å²) in [6.45, 7) is 26.6. The van der Waals surface area contributed by atoms with Gasteiger partial charge in [-0.2, -0.15) is 0 Å². The fourth-order valence-corrected chi connectivity index (χ4v) is 15.9. The van der Waals surface area contributed by atoms with E-state index < -0.39 is 7.14 Å². The Morgan fingerprint density at radius 2 is 0.359 bits per heavy atom. The summed E-state index contributed by atoms with van der Waals surface area (Å²) in [7, 11) is -2.97. The molecule has 0 fully saturated rings. The van der Waals surface area contributed by atoms with E-state index in [1.165, 1.54) is 367 Å². The van der Waals surface area contributed by atoms with Gasteiger partial charge in [-0.05, 0) is 136 Å². The first-order chi connectivity index (χ1) is 45.2. The molecule has 3 amide bonds. The first kappa shape index (κ1) is 90.5. The van der Waals surface area contributed by atoms with Crippen LogP contribution in [0.15, 0.2) is 0 Å². The summed E-state index contributed by atoms with van der Waals surface area (Å²) in [5.41, 5.74) is 0. The SMILES string of the molecule is CCCCCCCCCN(CCCCCCCCC)CCCCCCNC(=O)CCP(=O)(CCC(=O)NCCCCCCN(CCCCCCCCC)CCCCCCCCC)CCC(=O)NCCCCCCN(CCCCCCCCC)CCCCCCCCC. The molecule has 0 atom stereocenters. The third-order valence-corrected chi connectivity index (χ3v) is 23.0. The first-order valence-electron chi connectivity index (χ1n) is 41.7. The highest BCUT2D eigenvalue weighted by Gasteiger charge is 2.26. The van der Waals surface area contributed by atoms with Gasteiger partial charge in [0.2, 0.25) is 17.7 Å². The van der Waals surface area contributed by atoms with Crippen molar-refractivity contribution in [2.45, 2.75) is 408 Å². The van der Waals surface area contributed by atoms with Crippen LogP contribution in [-0.4, -0.2) is 129 Å². The van der Waals surface area contributed by atoms with Gasteiger partial charge in [-0.15, -0.1) is 0 Å². The molecule has 0 saturated heterocycles. The zero-order valence-electron chi connectivity index (χ0n) is 63.3. The molecule has 0 saturated carbocycles. The molecule has 0 unspecified atom stereocenters. The van der Waals surface area contributed by atoms with Crippen molar-refractivity contribution in [1.82, 2.24) is 30.7 Å². The fourth-order valence-electron chi connectivity index (χ4n) is 13.4. The average molecular weight is 1320 g/mol. The summed E-state index contributed by atoms with van der Waals surface area (Å²) < 4.78 is 14.7. The van der Waals surface area contributed by atoms with Crippen LogP contribution in [0.25, 0.3) is 0 Å². The molecule has 10 nitrogen and oxygen atoms in total. The molecule has 11 heteroatoms. The van der Waals surface area contributed by atoms with Gasteiger partial charge in [0, 0.05) is 57.4 Å². The molecule has 0 heterocycles. The summed E-state index contributed by atoms with van der Waals surface area (Å²) in [5, 5.41) is 9.42. The Hall–Kier alpha value is -1.48. The fraction of sp³-hybridized carbons (Fsp3) is 0.963. The molecule has 0 bridgehead atoms. The highest BCUT2D eigenvalue weighted by atomic mass is 31.2. The number of hydrogen-bond acceptors (Lipinski definition) is 7. The number of unbranched alkanes of at least 4 members (excludes halogenated alkanes) is 45. The van der Waals surface area contributed by atoms with Crippen molar-refractivity contribution in [3.63, 3.8) is 0 Å². The van der Waals surface area contributed by atoms with E-state index in [0.717, 1.165) is 38.5 Å². The van der Waals surface area contributed by atoms with Crippen LogP contribution in [0.3, 0.4) is 0 Å². The maximum atomic E-state index is 14.7. The summed E-state index contributed by atoms with van der Waals surface area (Å²) in [5.74, 6) is -0.188. The quantitative estimate of drug-likeness (QED) is 0.0411. The molecule has 3 N–H and O–H groups in total. The zero-order chi connectivity index (χ0) is 67.0. The van der Waals surface area contributed by atoms with Crippen molar-refractivity contribution >= 4 is 24.9 Å². The van der Waals surface area contributed by atoms with Gasteiger partial charge in [-0.1, -0.05) is 311 Å². The van der Waals surface area contributed by atoms with E-state index in [2.05, 4.69) is 72.2 Å². The Labute approximate surface area is 576 Å². The van der Waals surface area contributed by atoms with E-state index in [-0.39, 0.29) is 55.5 Å². The van der Waals surface area contributed by atoms with Crippen molar-refractivity contribution in [2.24, 2.45) is 0 Å². The number of nitrogens with zero attached hydrogens (tertiary/aromatic N) is 3. The predicted octanol–water partition coefficient (Wildman–Crippen LogP) is 23.0. The number of amides is 3. The molecule has 0 aromatic rings. The van der Waals surface area contributed by atoms with Crippen molar-refractivity contribution < 1.29 is 18.9 Å². The predicted molar refractivity (Wildman–Crippen MR) is 408 cm³/mol. The molecule has 548 valence electrons. The molecule has 0 aliphatic rings. The minimum absolute atomic E-state index is 0.0628. The Balaban J connectivity index is 5.28. The molecular weight excluding hydrogens is 1150 g/mol. The average Bonchev–Trinajstić information content (AvgIpc) is 3.67. The van der Waals surface area contributed by atoms with Gasteiger partial charge in [-0.25, -0.2) is 0 Å². The topological polar surface area (TPSA) is 114 Å². The Kier molecular flexibility index (Phi) is 72.6. The molecule has 92 heavy (non-hydrogen) atoms. The first-order valence-corrected chi connectivity index (χ1v) is 44.0. The van der Waals surface area contributed by atoms with Gasteiger partial charge < -0.3 is 35.2 Å². The normalized spacial score (nSPS) is 11.9. The second-order valence-corrected chi connectivity index (χ2v) is 32.5. The number of carbonyl (C=O) groups is 3. The van der Waals surface area contributed by atoms with E-state index in [4.69, 9.17) is 0 Å². The zero-order valence-corrected chi connectivity index (χ0v) is 64.2. The van der Waals surface area contributed by atoms with Gasteiger partial charge in [0.15, 0.2) is 0 Å². The van der Waals surface area contributed by atoms with Crippen molar-refractivity contribution in [3.05, 3.63) is 0 Å². The van der Waals surface area contributed by atoms with E-state index in [0.29, 0.717) is 19.6 Å². The van der Waals surface area contributed by atoms with E-state index in [9.17, 15) is 18.9 Å². The summed E-state index contributed by atoms with van der Waals surface area (Å²) in [4.78, 5) is 48.1. The lowest BCUT2D eigenvalue weighted by molar-refractivity contribution is -0.121. The van der Waals surface area contributed by atoms with Crippen molar-refractivity contribution in [2.75, 3.05) is 97.0 Å². The number of rotatable bonds is 78. The van der Waals surface area contributed by atoms with Crippen molar-refractivity contribution in [3.8, 4) is 0 Å². The number of hydrogen-bond donors (Lipinski definition) is 3. The van der Waals surface area contributed by atoms with Crippen LogP contribution in [0.5, 0.6) is 0 Å². The second-order valence-electron chi connectivity index (χ2n) is 29.0. The van der Waals surface area contributed by atoms with Crippen LogP contribution < -0.4 is 16.0 Å². The van der Waals surface area contributed by atoms with Crippen LogP contribution in [0, 0.1) is 0 Å². The Morgan fingerprint density at radius 1 is 0.217 bits per heavy atom. The third kappa shape index (κ3) is 67.1. The van der Waals surface area contributed by atoms with E-state index in [1.54, 1.807) is 0 Å². The lowest BCUT2D eigenvalue weighted by Crippen LogP contribution is -2.28. The molecule has 0 rings (SSSR count). The van der Waals surface area contributed by atoms with Crippen LogP contribution in [-0.2, 0) is 18.9 Å². The van der Waals surface area contributed by atoms with Crippen LogP contribution in [0.2, 0.25) is 0 Å². The van der Waals surface area contributed by atoms with Gasteiger partial charge in [0.05, 0.1) is 7.14 Å². The van der Waals surface area contributed by atoms with Gasteiger partial charge in [0.1, 0.15) is 0 Å². The van der Waals surface area contributed by atoms with Crippen LogP contribution in [0.1, 0.15) is 408 Å². The molecule has 0 radical (unpaired) electrons. The Morgan fingerprint density at radius 3 is 0.522 bits per heavy atom. The maximum Gasteiger partial charge on any atom is 0.220 e. The largest absolute Gasteiger partial charge is 0.356 e. The lowest BCUT2D eigenvalue weighted by Gasteiger charge is -2.22. The van der Waals surface area contributed by atoms with Gasteiger partial charge in [-0.3, -0.25) is 14.4 Å². The number of nitrogens with one attached hydrogen (secondary N) is 3. The molecule has 0 aliphatic carbocycles. The molecule has 0 aromatic heterocycles. The summed E-state index contributed by atoms with van der Waals surface area (Å²) in [6.07, 6.45) is 71.6. The minimum atomic E-state index is -2.97. The monoisotopic (exact) mass is 1320 g/mol. The molecule has 0 aliphatic heterocycles. The number of carbonyl (C=O) groups excluding carboxylic acids is 3.